The number of halogens is 1. The van der Waals surface area contributed by atoms with Crippen LogP contribution in [0.5, 0.6) is 0 Å². The first-order valence-corrected chi connectivity index (χ1v) is 25.9. The number of aromatic amines is 3. The second-order valence-electron chi connectivity index (χ2n) is 16.8. The van der Waals surface area contributed by atoms with E-state index in [9.17, 15) is 19.2 Å². The lowest BCUT2D eigenvalue weighted by molar-refractivity contribution is 0.613. The third-order valence-corrected chi connectivity index (χ3v) is 13.4. The van der Waals surface area contributed by atoms with Gasteiger partial charge in [0.2, 0.25) is 9.93 Å². The molecule has 8 aromatic rings. The third-order valence-electron chi connectivity index (χ3n) is 12.2. The van der Waals surface area contributed by atoms with Crippen molar-refractivity contribution >= 4 is 69.5 Å². The predicted molar refractivity (Wildman–Crippen MR) is 275 cm³/mol. The number of alkyl halides is 1. The fourth-order valence-corrected chi connectivity index (χ4v) is 9.56. The van der Waals surface area contributed by atoms with Crippen molar-refractivity contribution in [2.45, 2.75) is 176 Å². The number of rotatable bonds is 18. The summed E-state index contributed by atoms with van der Waals surface area (Å²) < 4.78 is 10.9. The van der Waals surface area contributed by atoms with Crippen molar-refractivity contribution < 1.29 is 0 Å². The minimum Gasteiger partial charge on any atom is -0.322 e. The molecule has 0 aliphatic rings. The van der Waals surface area contributed by atoms with E-state index in [1.54, 1.807) is 9.13 Å². The quantitative estimate of drug-likeness (QED) is 0.0428. The van der Waals surface area contributed by atoms with Crippen LogP contribution in [0.3, 0.4) is 0 Å². The second kappa shape index (κ2) is 23.7. The van der Waals surface area contributed by atoms with Crippen LogP contribution in [0.2, 0.25) is 0 Å². The highest BCUT2D eigenvalue weighted by Crippen LogP contribution is 2.24. The summed E-state index contributed by atoms with van der Waals surface area (Å²) >= 11 is 12.3. The smallest absolute Gasteiger partial charge is 0.322 e. The van der Waals surface area contributed by atoms with E-state index in [2.05, 4.69) is 79.7 Å². The van der Waals surface area contributed by atoms with Crippen LogP contribution in [0.1, 0.15) is 138 Å². The first-order chi connectivity index (χ1) is 33.2. The molecule has 0 fully saturated rings. The van der Waals surface area contributed by atoms with Crippen molar-refractivity contribution in [3.8, 4) is 0 Å². The molecule has 0 atom stereocenters. The van der Waals surface area contributed by atoms with Crippen molar-refractivity contribution in [3.63, 3.8) is 0 Å². The zero-order valence-electron chi connectivity index (χ0n) is 41.5. The van der Waals surface area contributed by atoms with Crippen LogP contribution >= 0.6 is 35.6 Å². The Kier molecular flexibility index (Phi) is 18.1. The highest BCUT2D eigenvalue weighted by atomic mass is 35.5. The topological polar surface area (TPSA) is 234 Å². The van der Waals surface area contributed by atoms with E-state index in [1.807, 2.05) is 48.2 Å². The Morgan fingerprint density at radius 2 is 1.09 bits per heavy atom. The lowest BCUT2D eigenvalue weighted by Gasteiger charge is -2.09. The van der Waals surface area contributed by atoms with Gasteiger partial charge in [-0.3, -0.25) is 33.8 Å². The zero-order chi connectivity index (χ0) is 50.1. The van der Waals surface area contributed by atoms with E-state index in [0.29, 0.717) is 87.4 Å². The molecule has 0 spiro atoms. The van der Waals surface area contributed by atoms with Crippen LogP contribution in [-0.4, -0.2) is 77.4 Å². The maximum atomic E-state index is 12.6. The standard InChI is InChI=1S/C23H32N8O2S.C12H17ClN4O2.C11H16N4S/c1-6-9-11-16-14(4)24-21-27-22(28-31(21)15(16)5)34-13-17-25-19-18(29(17)8-3)20(32)26-23(33)30(19)12-10-7-2;1-3-5-6-17-10-9(11(18)15-12(17)19)16(4-2)8(7-13)14-10;1-4-5-6-9-7(2)12-10-13-11(16)14-15(10)8(9)3/h6-13H2,1-5H3,(H,26,32,33);3-7H2,1-2H3,(H,15,18,19);4-6H2,1-3H3,(H,14,16). The molecule has 0 aromatic carbocycles. The monoisotopic (exact) mass is 1000 g/mol. The number of hydrogen-bond donors (Lipinski definition) is 3. The Morgan fingerprint density at radius 1 is 0.594 bits per heavy atom. The molecule has 0 unspecified atom stereocenters. The third kappa shape index (κ3) is 11.3. The molecular formula is C46H65ClN16O4S2. The van der Waals surface area contributed by atoms with E-state index < -0.39 is 22.5 Å². The van der Waals surface area contributed by atoms with Gasteiger partial charge in [-0.15, -0.1) is 16.7 Å². The molecule has 8 heterocycles. The number of aromatic nitrogens is 16. The molecule has 372 valence electrons. The summed E-state index contributed by atoms with van der Waals surface area (Å²) in [4.78, 5) is 80.7. The summed E-state index contributed by atoms with van der Waals surface area (Å²) in [6, 6.07) is 0. The molecule has 0 radical (unpaired) electrons. The summed E-state index contributed by atoms with van der Waals surface area (Å²) in [6.07, 6.45) is 10.3. The number of H-pyrrole nitrogens is 3. The molecule has 69 heavy (non-hydrogen) atoms. The maximum absolute atomic E-state index is 12.6. The van der Waals surface area contributed by atoms with Crippen LogP contribution in [0.25, 0.3) is 33.9 Å². The Hall–Kier alpha value is -5.74. The molecule has 0 bridgehead atoms. The van der Waals surface area contributed by atoms with Crippen molar-refractivity contribution in [1.29, 1.82) is 0 Å². The van der Waals surface area contributed by atoms with Gasteiger partial charge in [-0.05, 0) is 103 Å². The van der Waals surface area contributed by atoms with Crippen LogP contribution in [0.4, 0.5) is 0 Å². The number of nitrogens with zero attached hydrogens (tertiary/aromatic N) is 13. The van der Waals surface area contributed by atoms with Crippen LogP contribution < -0.4 is 22.5 Å². The summed E-state index contributed by atoms with van der Waals surface area (Å²) in [6.45, 7) is 22.8. The number of nitrogens with one attached hydrogen (secondary N) is 3. The van der Waals surface area contributed by atoms with Gasteiger partial charge in [-0.2, -0.15) is 9.97 Å². The van der Waals surface area contributed by atoms with Gasteiger partial charge in [0, 0.05) is 49.0 Å². The highest BCUT2D eigenvalue weighted by Gasteiger charge is 2.21. The summed E-state index contributed by atoms with van der Waals surface area (Å²) in [7, 11) is 0. The van der Waals surface area contributed by atoms with E-state index in [0.717, 1.165) is 68.4 Å². The lowest BCUT2D eigenvalue weighted by atomic mass is 10.1. The lowest BCUT2D eigenvalue weighted by Crippen LogP contribution is -2.31. The maximum Gasteiger partial charge on any atom is 0.330 e. The van der Waals surface area contributed by atoms with Gasteiger partial charge in [0.25, 0.3) is 22.7 Å². The molecule has 3 N–H and O–H groups in total. The molecule has 0 saturated carbocycles. The predicted octanol–water partition coefficient (Wildman–Crippen LogP) is 7.59. The highest BCUT2D eigenvalue weighted by molar-refractivity contribution is 7.98. The summed E-state index contributed by atoms with van der Waals surface area (Å²) in [5.41, 5.74) is 6.93. The average Bonchev–Trinajstić information content (AvgIpc) is 4.11. The van der Waals surface area contributed by atoms with Gasteiger partial charge >= 0.3 is 11.4 Å². The number of aryl methyl sites for hydroxylation is 8. The van der Waals surface area contributed by atoms with Gasteiger partial charge in [0.05, 0.1) is 11.6 Å². The molecule has 20 nitrogen and oxygen atoms in total. The van der Waals surface area contributed by atoms with Gasteiger partial charge in [0.15, 0.2) is 22.3 Å². The molecule has 0 aliphatic carbocycles. The van der Waals surface area contributed by atoms with Crippen LogP contribution in [0.15, 0.2) is 24.3 Å². The number of hydrogen-bond acceptors (Lipinski definition) is 13. The molecular weight excluding hydrogens is 940 g/mol. The Bertz CT molecular complexity index is 3390. The molecule has 23 heteroatoms. The summed E-state index contributed by atoms with van der Waals surface area (Å²) in [5, 5.41) is 8.32. The van der Waals surface area contributed by atoms with E-state index >= 15 is 0 Å². The minimum absolute atomic E-state index is 0.212. The fourth-order valence-electron chi connectivity index (χ4n) is 8.42. The molecule has 0 aliphatic heterocycles. The largest absolute Gasteiger partial charge is 0.330 e. The number of unbranched alkanes of at least 4 members (excludes halogenated alkanes) is 4. The van der Waals surface area contributed by atoms with Gasteiger partial charge < -0.3 is 9.13 Å². The molecule has 8 rings (SSSR count). The minimum atomic E-state index is -0.413. The Morgan fingerprint density at radius 3 is 1.59 bits per heavy atom. The van der Waals surface area contributed by atoms with E-state index in [1.165, 1.54) is 46.0 Å². The van der Waals surface area contributed by atoms with Gasteiger partial charge in [0.1, 0.15) is 11.6 Å². The second-order valence-corrected chi connectivity index (χ2v) is 18.4. The number of fused-ring (bicyclic) bond motifs is 4. The molecule has 8 aromatic heterocycles. The van der Waals surface area contributed by atoms with Crippen LogP contribution in [0, 0.1) is 32.5 Å². The zero-order valence-corrected chi connectivity index (χ0v) is 43.8. The van der Waals surface area contributed by atoms with Crippen molar-refractivity contribution in [2.75, 3.05) is 0 Å². The Labute approximate surface area is 413 Å². The SMILES string of the molecule is CCCCc1c(C)nc2nc(=S)[nH]n2c1C.CCCCc1c(C)nc2nc(SCc3nc4c(c(=O)[nH]c(=O)n4CCCC)n3CC)nn2c1C.CCCCn1c(=O)[nH]c(=O)c2c1nc(CCl)n2CC. The van der Waals surface area contributed by atoms with Crippen molar-refractivity contribution in [2.24, 2.45) is 0 Å². The van der Waals surface area contributed by atoms with Crippen LogP contribution in [-0.2, 0) is 50.7 Å². The van der Waals surface area contributed by atoms with E-state index in [-0.39, 0.29) is 5.88 Å². The van der Waals surface area contributed by atoms with E-state index in [4.69, 9.17) is 28.8 Å². The molecule has 0 amide bonds. The first-order valence-electron chi connectivity index (χ1n) is 24.0. The average molecular weight is 1010 g/mol. The number of imidazole rings is 2. The Balaban J connectivity index is 0.000000188. The van der Waals surface area contributed by atoms with Crippen molar-refractivity contribution in [1.82, 2.24) is 77.4 Å². The first kappa shape index (κ1) is 52.6. The normalized spacial score (nSPS) is 11.5. The van der Waals surface area contributed by atoms with Gasteiger partial charge in [-0.25, -0.2) is 38.6 Å². The van der Waals surface area contributed by atoms with Gasteiger partial charge in [-0.1, -0.05) is 65.1 Å². The fraction of sp³-hybridized carbons (Fsp3) is 0.565. The number of thioether (sulfide) groups is 1. The van der Waals surface area contributed by atoms with Crippen molar-refractivity contribution in [3.05, 3.63) is 92.0 Å². The summed E-state index contributed by atoms with van der Waals surface area (Å²) in [5.74, 6) is 3.27. The molecule has 0 saturated heterocycles.